The maximum atomic E-state index is 6.56. The van der Waals surface area contributed by atoms with E-state index in [1.807, 2.05) is 18.2 Å². The topological polar surface area (TPSA) is 69.2 Å². The Balaban J connectivity index is 1.50. The number of pyridine rings is 1. The highest BCUT2D eigenvalue weighted by atomic mass is 16.5. The maximum absolute atomic E-state index is 6.56. The second-order valence-electron chi connectivity index (χ2n) is 8.81. The summed E-state index contributed by atoms with van der Waals surface area (Å²) in [5, 5.41) is 0. The zero-order chi connectivity index (χ0) is 21.5. The first-order chi connectivity index (χ1) is 15.7. The van der Waals surface area contributed by atoms with Crippen LogP contribution in [0.3, 0.4) is 0 Å². The Labute approximate surface area is 187 Å². The van der Waals surface area contributed by atoms with Crippen LogP contribution >= 0.6 is 0 Å². The van der Waals surface area contributed by atoms with Gasteiger partial charge in [0.05, 0.1) is 13.2 Å². The molecule has 1 aliphatic carbocycles. The largest absolute Gasteiger partial charge is 0.378 e. The quantitative estimate of drug-likeness (QED) is 0.529. The van der Waals surface area contributed by atoms with Gasteiger partial charge in [-0.3, -0.25) is 4.57 Å². The number of anilines is 1. The van der Waals surface area contributed by atoms with Gasteiger partial charge in [0, 0.05) is 29.9 Å². The lowest BCUT2D eigenvalue weighted by Gasteiger charge is -2.38. The zero-order valence-corrected chi connectivity index (χ0v) is 18.1. The molecule has 6 heteroatoms. The molecular weight excluding hydrogens is 398 g/mol. The van der Waals surface area contributed by atoms with Crippen molar-refractivity contribution in [1.82, 2.24) is 14.5 Å². The number of ether oxygens (including phenoxy) is 1. The van der Waals surface area contributed by atoms with Crippen LogP contribution in [0.1, 0.15) is 24.8 Å². The van der Waals surface area contributed by atoms with Crippen molar-refractivity contribution in [3.63, 3.8) is 0 Å². The summed E-state index contributed by atoms with van der Waals surface area (Å²) < 4.78 is 7.69. The van der Waals surface area contributed by atoms with Crippen LogP contribution in [0.4, 0.5) is 5.82 Å². The molecule has 0 spiro atoms. The van der Waals surface area contributed by atoms with E-state index in [9.17, 15) is 0 Å². The molecule has 6 nitrogen and oxygen atoms in total. The highest BCUT2D eigenvalue weighted by molar-refractivity contribution is 5.81. The molecule has 2 aromatic carbocycles. The molecule has 162 valence electrons. The van der Waals surface area contributed by atoms with E-state index in [0.29, 0.717) is 0 Å². The Kier molecular flexibility index (Phi) is 4.70. The Morgan fingerprint density at radius 1 is 0.844 bits per heavy atom. The molecule has 2 fully saturated rings. The Morgan fingerprint density at radius 3 is 2.28 bits per heavy atom. The van der Waals surface area contributed by atoms with E-state index in [2.05, 4.69) is 58.0 Å². The Morgan fingerprint density at radius 2 is 1.59 bits per heavy atom. The van der Waals surface area contributed by atoms with Crippen LogP contribution in [0, 0.1) is 0 Å². The number of imidazole rings is 1. The van der Waals surface area contributed by atoms with Crippen LogP contribution < -0.4 is 10.6 Å². The Hall–Kier alpha value is -3.22. The van der Waals surface area contributed by atoms with Crippen molar-refractivity contribution in [2.45, 2.75) is 24.8 Å². The molecule has 6 rings (SSSR count). The van der Waals surface area contributed by atoms with Crippen molar-refractivity contribution < 1.29 is 4.74 Å². The molecule has 0 bridgehead atoms. The molecule has 0 atom stereocenters. The van der Waals surface area contributed by atoms with Crippen molar-refractivity contribution in [3.8, 4) is 17.1 Å². The van der Waals surface area contributed by atoms with Gasteiger partial charge in [0.25, 0.3) is 0 Å². The first kappa shape index (κ1) is 19.5. The minimum atomic E-state index is -0.167. The molecule has 1 saturated heterocycles. The molecular formula is C26H27N5O. The van der Waals surface area contributed by atoms with Crippen LogP contribution in [0.25, 0.3) is 28.2 Å². The Bertz CT molecular complexity index is 1240. The van der Waals surface area contributed by atoms with Gasteiger partial charge in [0.1, 0.15) is 17.2 Å². The average Bonchev–Trinajstić information content (AvgIpc) is 3.22. The van der Waals surface area contributed by atoms with Gasteiger partial charge in [-0.25, -0.2) is 9.97 Å². The summed E-state index contributed by atoms with van der Waals surface area (Å²) in [5.74, 6) is 1.86. The fraction of sp³-hybridized carbons (Fsp3) is 0.308. The van der Waals surface area contributed by atoms with Crippen molar-refractivity contribution in [1.29, 1.82) is 0 Å². The second-order valence-corrected chi connectivity index (χ2v) is 8.81. The number of aromatic nitrogens is 3. The first-order valence-electron chi connectivity index (χ1n) is 11.4. The minimum Gasteiger partial charge on any atom is -0.378 e. The van der Waals surface area contributed by atoms with Crippen LogP contribution in [0.5, 0.6) is 0 Å². The van der Waals surface area contributed by atoms with Crippen LogP contribution in [0.15, 0.2) is 66.7 Å². The predicted molar refractivity (Wildman–Crippen MR) is 127 cm³/mol. The average molecular weight is 426 g/mol. The van der Waals surface area contributed by atoms with Crippen molar-refractivity contribution in [2.75, 3.05) is 31.2 Å². The molecule has 1 saturated carbocycles. The van der Waals surface area contributed by atoms with E-state index in [0.717, 1.165) is 73.2 Å². The first-order valence-corrected chi connectivity index (χ1v) is 11.4. The molecule has 2 N–H and O–H groups in total. The van der Waals surface area contributed by atoms with E-state index < -0.39 is 0 Å². The number of morpholine rings is 1. The number of benzene rings is 2. The van der Waals surface area contributed by atoms with E-state index in [4.69, 9.17) is 20.4 Å². The molecule has 32 heavy (non-hydrogen) atoms. The smallest absolute Gasteiger partial charge is 0.167 e. The number of nitrogens with zero attached hydrogens (tertiary/aromatic N) is 4. The molecule has 3 heterocycles. The number of fused-ring (bicyclic) bond motifs is 1. The van der Waals surface area contributed by atoms with Gasteiger partial charge in [-0.2, -0.15) is 0 Å². The summed E-state index contributed by atoms with van der Waals surface area (Å²) in [6.07, 6.45) is 3.32. The van der Waals surface area contributed by atoms with Crippen molar-refractivity contribution in [2.24, 2.45) is 5.73 Å². The van der Waals surface area contributed by atoms with E-state index in [1.54, 1.807) is 0 Å². The molecule has 1 aliphatic heterocycles. The molecule has 0 unspecified atom stereocenters. The number of hydrogen-bond acceptors (Lipinski definition) is 5. The van der Waals surface area contributed by atoms with Gasteiger partial charge < -0.3 is 15.4 Å². The summed E-state index contributed by atoms with van der Waals surface area (Å²) in [7, 11) is 0. The molecule has 2 aliphatic rings. The number of nitrogens with two attached hydrogens (primary N) is 1. The van der Waals surface area contributed by atoms with Gasteiger partial charge in [0.15, 0.2) is 5.65 Å². The van der Waals surface area contributed by atoms with Crippen LogP contribution in [-0.4, -0.2) is 40.8 Å². The third-order valence-corrected chi connectivity index (χ3v) is 6.80. The summed E-state index contributed by atoms with van der Waals surface area (Å²) in [6, 6.07) is 23.1. The zero-order valence-electron chi connectivity index (χ0n) is 18.1. The second kappa shape index (κ2) is 7.73. The van der Waals surface area contributed by atoms with Gasteiger partial charge in [-0.15, -0.1) is 0 Å². The van der Waals surface area contributed by atoms with E-state index in [-0.39, 0.29) is 5.54 Å². The van der Waals surface area contributed by atoms with E-state index in [1.165, 1.54) is 12.0 Å². The van der Waals surface area contributed by atoms with Gasteiger partial charge in [-0.1, -0.05) is 42.5 Å². The highest BCUT2D eigenvalue weighted by Crippen LogP contribution is 2.39. The summed E-state index contributed by atoms with van der Waals surface area (Å²) in [6.45, 7) is 3.17. The fourth-order valence-corrected chi connectivity index (χ4v) is 4.73. The highest BCUT2D eigenvalue weighted by Gasteiger charge is 2.34. The van der Waals surface area contributed by atoms with Crippen LogP contribution in [0.2, 0.25) is 0 Å². The summed E-state index contributed by atoms with van der Waals surface area (Å²) in [4.78, 5) is 12.3. The number of hydrogen-bond donors (Lipinski definition) is 1. The third-order valence-electron chi connectivity index (χ3n) is 6.80. The molecule has 0 radical (unpaired) electrons. The maximum Gasteiger partial charge on any atom is 0.167 e. The summed E-state index contributed by atoms with van der Waals surface area (Å²) >= 11 is 0. The normalized spacial score (nSPS) is 18.0. The minimum absolute atomic E-state index is 0.167. The van der Waals surface area contributed by atoms with Gasteiger partial charge in [0.2, 0.25) is 0 Å². The van der Waals surface area contributed by atoms with Gasteiger partial charge in [-0.05, 0) is 49.1 Å². The lowest BCUT2D eigenvalue weighted by atomic mass is 9.73. The molecule has 4 aromatic rings. The molecule has 0 amide bonds. The predicted octanol–water partition coefficient (Wildman–Crippen LogP) is 4.26. The lowest BCUT2D eigenvalue weighted by Crippen LogP contribution is -2.43. The summed E-state index contributed by atoms with van der Waals surface area (Å²) in [5.41, 5.74) is 11.5. The third kappa shape index (κ3) is 3.27. The fourth-order valence-electron chi connectivity index (χ4n) is 4.73. The lowest BCUT2D eigenvalue weighted by molar-refractivity contribution is 0.122. The SMILES string of the molecule is NC1(c2ccc(-n3c(-c4ccccc4)nc4ccc(N5CCOCC5)nc43)cc2)CCC1. The standard InChI is InChI=1S/C26H27N5O/c27-26(13-4-14-26)20-7-9-21(10-8-20)31-24(19-5-2-1-3-6-19)28-22-11-12-23(29-25(22)31)30-15-17-32-18-16-30/h1-3,5-12H,4,13-18,27H2. The number of rotatable bonds is 4. The van der Waals surface area contributed by atoms with Crippen LogP contribution in [-0.2, 0) is 10.3 Å². The van der Waals surface area contributed by atoms with E-state index >= 15 is 0 Å². The van der Waals surface area contributed by atoms with Crippen molar-refractivity contribution >= 4 is 17.0 Å². The monoisotopic (exact) mass is 425 g/mol. The van der Waals surface area contributed by atoms with Gasteiger partial charge >= 0.3 is 0 Å². The van der Waals surface area contributed by atoms with Crippen molar-refractivity contribution in [3.05, 3.63) is 72.3 Å². The molecule has 2 aromatic heterocycles.